The smallest absolute Gasteiger partial charge is 0.176 e. The van der Waals surface area contributed by atoms with Gasteiger partial charge in [-0.15, -0.1) is 0 Å². The van der Waals surface area contributed by atoms with Gasteiger partial charge in [0.2, 0.25) is 0 Å². The molecule has 0 unspecified atom stereocenters. The summed E-state index contributed by atoms with van der Waals surface area (Å²) < 4.78 is 7.02. The molecule has 0 spiro atoms. The number of ether oxygens (including phenoxy) is 1. The largest absolute Gasteiger partial charge is 0.470 e. The van der Waals surface area contributed by atoms with Crippen LogP contribution < -0.4 is 9.16 Å². The minimum atomic E-state index is 0.422. The molecule has 2 aromatic rings. The van der Waals surface area contributed by atoms with Gasteiger partial charge in [0.05, 0.1) is 0 Å². The Bertz CT molecular complexity index is 498. The molecule has 70 valence electrons. The Labute approximate surface area is 86.8 Å². The molecule has 3 heteroatoms. The van der Waals surface area contributed by atoms with Gasteiger partial charge in [-0.25, -0.2) is 4.42 Å². The lowest BCUT2D eigenvalue weighted by atomic mass is 10.1. The van der Waals surface area contributed by atoms with Crippen molar-refractivity contribution in [2.24, 2.45) is 0 Å². The van der Waals surface area contributed by atoms with Crippen molar-refractivity contribution in [1.82, 2.24) is 0 Å². The Morgan fingerprint density at radius 2 is 2.00 bits per heavy atom. The Balaban J connectivity index is 2.41. The zero-order chi connectivity index (χ0) is 9.54. The number of benzene rings is 2. The number of rotatable bonds is 0. The summed E-state index contributed by atoms with van der Waals surface area (Å²) in [5, 5.41) is 2.32. The van der Waals surface area contributed by atoms with E-state index in [0.717, 1.165) is 16.8 Å². The van der Waals surface area contributed by atoms with E-state index in [4.69, 9.17) is 16.5 Å². The number of fused-ring (bicyclic) bond motifs is 3. The Kier molecular flexibility index (Phi) is 1.58. The molecule has 0 amide bonds. The van der Waals surface area contributed by atoms with Gasteiger partial charge in [0, 0.05) is 17.2 Å². The van der Waals surface area contributed by atoms with Crippen LogP contribution >= 0.6 is 11.8 Å². The van der Waals surface area contributed by atoms with Crippen LogP contribution in [0.3, 0.4) is 0 Å². The highest BCUT2D eigenvalue weighted by Crippen LogP contribution is 2.40. The molecule has 0 radical (unpaired) electrons. The molecule has 0 bridgehead atoms. The van der Waals surface area contributed by atoms with Crippen molar-refractivity contribution in [3.8, 4) is 5.75 Å². The SMILES string of the molecule is ClN1COc2ccc3ccccc3c21. The number of hydrogen-bond donors (Lipinski definition) is 0. The van der Waals surface area contributed by atoms with Crippen LogP contribution in [0, 0.1) is 0 Å². The molecule has 1 aliphatic heterocycles. The van der Waals surface area contributed by atoms with E-state index in [0.29, 0.717) is 6.73 Å². The maximum absolute atomic E-state index is 6.03. The molecule has 0 aliphatic carbocycles. The first-order valence-corrected chi connectivity index (χ1v) is 4.78. The van der Waals surface area contributed by atoms with E-state index in [1.807, 2.05) is 24.3 Å². The first-order chi connectivity index (χ1) is 6.86. The second-order valence-electron chi connectivity index (χ2n) is 3.27. The number of nitrogens with zero attached hydrogens (tertiary/aromatic N) is 1. The van der Waals surface area contributed by atoms with E-state index in [2.05, 4.69) is 12.1 Å². The molecule has 0 atom stereocenters. The quantitative estimate of drug-likeness (QED) is 0.613. The Morgan fingerprint density at radius 3 is 2.93 bits per heavy atom. The van der Waals surface area contributed by atoms with E-state index < -0.39 is 0 Å². The van der Waals surface area contributed by atoms with Gasteiger partial charge < -0.3 is 4.74 Å². The van der Waals surface area contributed by atoms with Gasteiger partial charge in [0.15, 0.2) is 6.73 Å². The molecule has 1 aliphatic rings. The van der Waals surface area contributed by atoms with Crippen molar-refractivity contribution in [3.63, 3.8) is 0 Å². The van der Waals surface area contributed by atoms with E-state index in [1.165, 1.54) is 5.39 Å². The van der Waals surface area contributed by atoms with Crippen molar-refractivity contribution in [1.29, 1.82) is 0 Å². The van der Waals surface area contributed by atoms with Gasteiger partial charge in [0.1, 0.15) is 11.4 Å². The van der Waals surface area contributed by atoms with Crippen molar-refractivity contribution in [3.05, 3.63) is 36.4 Å². The number of hydrogen-bond acceptors (Lipinski definition) is 2. The van der Waals surface area contributed by atoms with Crippen LogP contribution in [0.1, 0.15) is 0 Å². The average molecular weight is 206 g/mol. The third-order valence-electron chi connectivity index (χ3n) is 2.44. The Morgan fingerprint density at radius 1 is 1.14 bits per heavy atom. The summed E-state index contributed by atoms with van der Waals surface area (Å²) in [6.07, 6.45) is 0. The molecule has 3 rings (SSSR count). The molecule has 0 saturated carbocycles. The number of halogens is 1. The van der Waals surface area contributed by atoms with Crippen molar-refractivity contribution in [2.75, 3.05) is 11.1 Å². The predicted octanol–water partition coefficient (Wildman–Crippen LogP) is 3.15. The molecular weight excluding hydrogens is 198 g/mol. The molecule has 0 fully saturated rings. The third kappa shape index (κ3) is 0.976. The van der Waals surface area contributed by atoms with Crippen LogP contribution in [0.5, 0.6) is 5.75 Å². The van der Waals surface area contributed by atoms with Crippen molar-refractivity contribution in [2.45, 2.75) is 0 Å². The molecule has 0 N–H and O–H groups in total. The van der Waals surface area contributed by atoms with E-state index in [9.17, 15) is 0 Å². The second kappa shape index (κ2) is 2.79. The average Bonchev–Trinajstić information content (AvgIpc) is 2.61. The molecular formula is C11H8ClNO. The summed E-state index contributed by atoms with van der Waals surface area (Å²) in [7, 11) is 0. The highest BCUT2D eigenvalue weighted by Gasteiger charge is 2.20. The lowest BCUT2D eigenvalue weighted by Crippen LogP contribution is -2.07. The van der Waals surface area contributed by atoms with Gasteiger partial charge >= 0.3 is 0 Å². The minimum absolute atomic E-state index is 0.422. The zero-order valence-corrected chi connectivity index (χ0v) is 8.16. The molecule has 0 aromatic heterocycles. The van der Waals surface area contributed by atoms with Crippen LogP contribution in [0.4, 0.5) is 5.69 Å². The van der Waals surface area contributed by atoms with Gasteiger partial charge in [0.25, 0.3) is 0 Å². The van der Waals surface area contributed by atoms with Crippen molar-refractivity contribution >= 4 is 28.2 Å². The fourth-order valence-corrected chi connectivity index (χ4v) is 2.02. The van der Waals surface area contributed by atoms with Crippen LogP contribution in [0.25, 0.3) is 10.8 Å². The van der Waals surface area contributed by atoms with Crippen LogP contribution in [0.2, 0.25) is 0 Å². The molecule has 2 nitrogen and oxygen atoms in total. The summed E-state index contributed by atoms with van der Waals surface area (Å²) in [6.45, 7) is 0.422. The fourth-order valence-electron chi connectivity index (χ4n) is 1.79. The minimum Gasteiger partial charge on any atom is -0.470 e. The highest BCUT2D eigenvalue weighted by molar-refractivity contribution is 6.28. The summed E-state index contributed by atoms with van der Waals surface area (Å²) in [4.78, 5) is 0. The lowest BCUT2D eigenvalue weighted by Gasteiger charge is -2.07. The summed E-state index contributed by atoms with van der Waals surface area (Å²) in [6, 6.07) is 12.1. The zero-order valence-electron chi connectivity index (χ0n) is 7.40. The normalized spacial score (nSPS) is 14.2. The maximum atomic E-state index is 6.03. The predicted molar refractivity (Wildman–Crippen MR) is 57.8 cm³/mol. The lowest BCUT2D eigenvalue weighted by molar-refractivity contribution is 0.362. The van der Waals surface area contributed by atoms with E-state index in [-0.39, 0.29) is 0 Å². The first-order valence-electron chi connectivity index (χ1n) is 4.44. The fraction of sp³-hybridized carbons (Fsp3) is 0.0909. The molecule has 1 heterocycles. The second-order valence-corrected chi connectivity index (χ2v) is 3.68. The van der Waals surface area contributed by atoms with Gasteiger partial charge in [-0.1, -0.05) is 30.3 Å². The molecule has 14 heavy (non-hydrogen) atoms. The highest BCUT2D eigenvalue weighted by atomic mass is 35.5. The first kappa shape index (κ1) is 7.94. The Hall–Kier alpha value is -1.41. The summed E-state index contributed by atoms with van der Waals surface area (Å²) in [5.74, 6) is 0.860. The van der Waals surface area contributed by atoms with Gasteiger partial charge in [-0.3, -0.25) is 0 Å². The number of anilines is 1. The summed E-state index contributed by atoms with van der Waals surface area (Å²) in [5.41, 5.74) is 0.977. The van der Waals surface area contributed by atoms with Crippen molar-refractivity contribution < 1.29 is 4.74 Å². The van der Waals surface area contributed by atoms with E-state index in [1.54, 1.807) is 4.42 Å². The van der Waals surface area contributed by atoms with Gasteiger partial charge in [-0.05, 0) is 11.5 Å². The van der Waals surface area contributed by atoms with Gasteiger partial charge in [-0.2, -0.15) is 0 Å². The molecule has 2 aromatic carbocycles. The van der Waals surface area contributed by atoms with E-state index >= 15 is 0 Å². The third-order valence-corrected chi connectivity index (χ3v) is 2.71. The summed E-state index contributed by atoms with van der Waals surface area (Å²) >= 11 is 6.03. The monoisotopic (exact) mass is 205 g/mol. The topological polar surface area (TPSA) is 12.5 Å². The molecule has 0 saturated heterocycles. The van der Waals surface area contributed by atoms with Crippen LogP contribution in [-0.4, -0.2) is 6.73 Å². The van der Waals surface area contributed by atoms with Crippen LogP contribution in [0.15, 0.2) is 36.4 Å². The van der Waals surface area contributed by atoms with Crippen LogP contribution in [-0.2, 0) is 0 Å². The maximum Gasteiger partial charge on any atom is 0.176 e. The standard InChI is InChI=1S/C11H8ClNO/c12-13-7-14-10-6-5-8-3-1-2-4-9(8)11(10)13/h1-6H,7H2.